The first-order valence-electron chi connectivity index (χ1n) is 5.91. The fourth-order valence-corrected chi connectivity index (χ4v) is 2.58. The summed E-state index contributed by atoms with van der Waals surface area (Å²) in [4.78, 5) is 0. The molecule has 0 fully saturated rings. The van der Waals surface area contributed by atoms with Gasteiger partial charge in [0, 0.05) is 12.0 Å². The SMILES string of the molecule is CCc1occc1C(Cl)c1ccc(C)cc1C. The number of benzene rings is 1. The number of alkyl halides is 1. The Morgan fingerprint density at radius 3 is 2.59 bits per heavy atom. The molecule has 90 valence electrons. The first kappa shape index (κ1) is 12.3. The summed E-state index contributed by atoms with van der Waals surface area (Å²) < 4.78 is 5.44. The van der Waals surface area contributed by atoms with Crippen molar-refractivity contribution < 1.29 is 4.42 Å². The molecule has 2 heteroatoms. The monoisotopic (exact) mass is 248 g/mol. The highest BCUT2D eigenvalue weighted by Crippen LogP contribution is 2.34. The lowest BCUT2D eigenvalue weighted by molar-refractivity contribution is 0.512. The van der Waals surface area contributed by atoms with Gasteiger partial charge in [0.05, 0.1) is 11.6 Å². The molecular formula is C15H17ClO. The molecule has 0 N–H and O–H groups in total. The van der Waals surface area contributed by atoms with Crippen LogP contribution in [0.1, 0.15) is 40.3 Å². The molecule has 1 atom stereocenters. The van der Waals surface area contributed by atoms with Crippen LogP contribution in [0, 0.1) is 13.8 Å². The Balaban J connectivity index is 2.40. The van der Waals surface area contributed by atoms with Crippen molar-refractivity contribution in [2.45, 2.75) is 32.6 Å². The van der Waals surface area contributed by atoms with E-state index >= 15 is 0 Å². The third-order valence-electron chi connectivity index (χ3n) is 3.07. The van der Waals surface area contributed by atoms with E-state index in [1.54, 1.807) is 6.26 Å². The standard InChI is InChI=1S/C15H17ClO/c1-4-14-13(7-8-17-14)15(16)12-6-5-10(2)9-11(12)3/h5-9,15H,4H2,1-3H3. The highest BCUT2D eigenvalue weighted by Gasteiger charge is 2.18. The quantitative estimate of drug-likeness (QED) is 0.712. The number of hydrogen-bond acceptors (Lipinski definition) is 1. The van der Waals surface area contributed by atoms with Crippen LogP contribution in [0.2, 0.25) is 0 Å². The van der Waals surface area contributed by atoms with Gasteiger partial charge in [-0.15, -0.1) is 11.6 Å². The van der Waals surface area contributed by atoms with Gasteiger partial charge in [-0.25, -0.2) is 0 Å². The van der Waals surface area contributed by atoms with Gasteiger partial charge in [-0.05, 0) is 31.0 Å². The first-order valence-corrected chi connectivity index (χ1v) is 6.34. The molecule has 1 heterocycles. The Bertz CT molecular complexity index is 513. The lowest BCUT2D eigenvalue weighted by Gasteiger charge is -2.13. The predicted octanol–water partition coefficient (Wildman–Crippen LogP) is 4.79. The van der Waals surface area contributed by atoms with E-state index < -0.39 is 0 Å². The summed E-state index contributed by atoms with van der Waals surface area (Å²) in [6, 6.07) is 8.34. The summed E-state index contributed by atoms with van der Waals surface area (Å²) in [5, 5.41) is -0.121. The summed E-state index contributed by atoms with van der Waals surface area (Å²) in [7, 11) is 0. The number of furan rings is 1. The Morgan fingerprint density at radius 1 is 1.18 bits per heavy atom. The summed E-state index contributed by atoms with van der Waals surface area (Å²) in [6.45, 7) is 6.27. The van der Waals surface area contributed by atoms with Gasteiger partial charge in [-0.2, -0.15) is 0 Å². The van der Waals surface area contributed by atoms with Crippen LogP contribution in [0.3, 0.4) is 0 Å². The van der Waals surface area contributed by atoms with Crippen molar-refractivity contribution >= 4 is 11.6 Å². The molecular weight excluding hydrogens is 232 g/mol. The van der Waals surface area contributed by atoms with Crippen molar-refractivity contribution in [3.8, 4) is 0 Å². The van der Waals surface area contributed by atoms with E-state index in [-0.39, 0.29) is 5.38 Å². The van der Waals surface area contributed by atoms with E-state index in [9.17, 15) is 0 Å². The second-order valence-corrected chi connectivity index (χ2v) is 4.81. The zero-order valence-corrected chi connectivity index (χ0v) is 11.2. The van der Waals surface area contributed by atoms with Crippen LogP contribution in [0.5, 0.6) is 0 Å². The molecule has 2 rings (SSSR count). The van der Waals surface area contributed by atoms with Crippen LogP contribution in [0.25, 0.3) is 0 Å². The highest BCUT2D eigenvalue weighted by molar-refractivity contribution is 6.22. The van der Waals surface area contributed by atoms with Gasteiger partial charge in [0.15, 0.2) is 0 Å². The first-order chi connectivity index (χ1) is 8.13. The molecule has 0 aliphatic heterocycles. The number of hydrogen-bond donors (Lipinski definition) is 0. The Kier molecular flexibility index (Phi) is 3.58. The Labute approximate surface area is 107 Å². The molecule has 1 aromatic heterocycles. The summed E-state index contributed by atoms with van der Waals surface area (Å²) in [5.41, 5.74) is 4.74. The zero-order chi connectivity index (χ0) is 12.4. The molecule has 0 spiro atoms. The molecule has 2 aromatic rings. The fourth-order valence-electron chi connectivity index (χ4n) is 2.14. The largest absolute Gasteiger partial charge is 0.469 e. The van der Waals surface area contributed by atoms with Crippen molar-refractivity contribution in [1.82, 2.24) is 0 Å². The van der Waals surface area contributed by atoms with Crippen LogP contribution in [0.4, 0.5) is 0 Å². The maximum absolute atomic E-state index is 6.55. The van der Waals surface area contributed by atoms with Crippen LogP contribution in [-0.4, -0.2) is 0 Å². The topological polar surface area (TPSA) is 13.1 Å². The predicted molar refractivity (Wildman–Crippen MR) is 71.7 cm³/mol. The summed E-state index contributed by atoms with van der Waals surface area (Å²) in [6.07, 6.45) is 2.59. The Hall–Kier alpha value is -1.21. The second-order valence-electron chi connectivity index (χ2n) is 4.38. The minimum Gasteiger partial charge on any atom is -0.469 e. The van der Waals surface area contributed by atoms with Gasteiger partial charge in [-0.1, -0.05) is 30.7 Å². The van der Waals surface area contributed by atoms with Gasteiger partial charge in [-0.3, -0.25) is 0 Å². The molecule has 0 saturated heterocycles. The summed E-state index contributed by atoms with van der Waals surface area (Å²) >= 11 is 6.55. The number of aryl methyl sites for hydroxylation is 3. The van der Waals surface area contributed by atoms with E-state index in [1.165, 1.54) is 11.1 Å². The van der Waals surface area contributed by atoms with Crippen molar-refractivity contribution in [1.29, 1.82) is 0 Å². The van der Waals surface area contributed by atoms with E-state index in [0.29, 0.717) is 0 Å². The third-order valence-corrected chi connectivity index (χ3v) is 3.54. The average molecular weight is 249 g/mol. The maximum Gasteiger partial charge on any atom is 0.108 e. The fraction of sp³-hybridized carbons (Fsp3) is 0.333. The lowest BCUT2D eigenvalue weighted by Crippen LogP contribution is -1.98. The number of rotatable bonds is 3. The van der Waals surface area contributed by atoms with Crippen molar-refractivity contribution in [3.05, 3.63) is 58.5 Å². The van der Waals surface area contributed by atoms with Crippen molar-refractivity contribution in [2.75, 3.05) is 0 Å². The molecule has 0 aliphatic carbocycles. The molecule has 0 amide bonds. The van der Waals surface area contributed by atoms with E-state index in [0.717, 1.165) is 23.3 Å². The van der Waals surface area contributed by atoms with Crippen LogP contribution in [0.15, 0.2) is 34.9 Å². The number of halogens is 1. The minimum atomic E-state index is -0.121. The smallest absolute Gasteiger partial charge is 0.108 e. The van der Waals surface area contributed by atoms with E-state index in [2.05, 4.69) is 39.0 Å². The van der Waals surface area contributed by atoms with Gasteiger partial charge in [0.1, 0.15) is 5.76 Å². The van der Waals surface area contributed by atoms with E-state index in [4.69, 9.17) is 16.0 Å². The van der Waals surface area contributed by atoms with Gasteiger partial charge in [0.2, 0.25) is 0 Å². The molecule has 0 aliphatic rings. The molecule has 1 nitrogen and oxygen atoms in total. The van der Waals surface area contributed by atoms with Crippen molar-refractivity contribution in [3.63, 3.8) is 0 Å². The Morgan fingerprint density at radius 2 is 1.94 bits per heavy atom. The minimum absolute atomic E-state index is 0.121. The lowest BCUT2D eigenvalue weighted by atomic mass is 9.98. The maximum atomic E-state index is 6.55. The average Bonchev–Trinajstić information content (AvgIpc) is 2.76. The highest BCUT2D eigenvalue weighted by atomic mass is 35.5. The molecule has 0 saturated carbocycles. The van der Waals surface area contributed by atoms with Gasteiger partial charge < -0.3 is 4.42 Å². The van der Waals surface area contributed by atoms with Gasteiger partial charge >= 0.3 is 0 Å². The van der Waals surface area contributed by atoms with Crippen LogP contribution < -0.4 is 0 Å². The molecule has 1 unspecified atom stereocenters. The van der Waals surface area contributed by atoms with E-state index in [1.807, 2.05) is 6.07 Å². The van der Waals surface area contributed by atoms with Crippen molar-refractivity contribution in [2.24, 2.45) is 0 Å². The second kappa shape index (κ2) is 4.97. The third kappa shape index (κ3) is 2.39. The van der Waals surface area contributed by atoms with Crippen LogP contribution >= 0.6 is 11.6 Å². The molecule has 1 aromatic carbocycles. The molecule has 0 radical (unpaired) electrons. The van der Waals surface area contributed by atoms with Crippen LogP contribution in [-0.2, 0) is 6.42 Å². The molecule has 17 heavy (non-hydrogen) atoms. The molecule has 0 bridgehead atoms. The van der Waals surface area contributed by atoms with Gasteiger partial charge in [0.25, 0.3) is 0 Å². The normalized spacial score (nSPS) is 12.7. The summed E-state index contributed by atoms with van der Waals surface area (Å²) in [5.74, 6) is 0.977. The zero-order valence-electron chi connectivity index (χ0n) is 10.5.